The van der Waals surface area contributed by atoms with E-state index in [9.17, 15) is 14.4 Å². The molecule has 32 heavy (non-hydrogen) atoms. The van der Waals surface area contributed by atoms with Gasteiger partial charge in [0.25, 0.3) is 0 Å². The smallest absolute Gasteiger partial charge is 0.428 e. The van der Waals surface area contributed by atoms with Gasteiger partial charge in [0.1, 0.15) is 17.7 Å². The molecular weight excluding hydrogens is 412 g/mol. The second-order valence-corrected chi connectivity index (χ2v) is 8.55. The lowest BCUT2D eigenvalue weighted by molar-refractivity contribution is -0.141. The van der Waals surface area contributed by atoms with Crippen LogP contribution in [-0.2, 0) is 19.1 Å². The van der Waals surface area contributed by atoms with Gasteiger partial charge in [-0.2, -0.15) is 5.10 Å². The molecule has 2 rings (SSSR count). The molecule has 4 unspecified atom stereocenters. The molecule has 1 saturated heterocycles. The third kappa shape index (κ3) is 6.06. The molecule has 1 fully saturated rings. The number of amides is 2. The summed E-state index contributed by atoms with van der Waals surface area (Å²) in [7, 11) is 1.33. The number of hydrogen-bond donors (Lipinski definition) is 1. The first-order valence-corrected chi connectivity index (χ1v) is 10.8. The van der Waals surface area contributed by atoms with Gasteiger partial charge in [-0.05, 0) is 47.1 Å². The molecule has 1 N–H and O–H groups in total. The highest BCUT2D eigenvalue weighted by molar-refractivity contribution is 6.08. The number of benzene rings is 1. The quantitative estimate of drug-likeness (QED) is 0.285. The fraction of sp³-hybridized carbons (Fsp3) is 0.565. The number of carbonyl (C=O) groups is 3. The number of methoxy groups -OCH3 is 1. The van der Waals surface area contributed by atoms with Crippen molar-refractivity contribution in [2.24, 2.45) is 5.10 Å². The van der Waals surface area contributed by atoms with E-state index in [1.165, 1.54) is 7.11 Å². The summed E-state index contributed by atoms with van der Waals surface area (Å²) in [5, 5.41) is 4.14. The third-order valence-electron chi connectivity index (χ3n) is 5.16. The number of esters is 1. The Morgan fingerprint density at radius 1 is 1.16 bits per heavy atom. The summed E-state index contributed by atoms with van der Waals surface area (Å²) in [4.78, 5) is 41.5. The maximum atomic E-state index is 13.4. The van der Waals surface area contributed by atoms with Gasteiger partial charge in [0.15, 0.2) is 0 Å². The first-order chi connectivity index (χ1) is 15.1. The molecule has 9 nitrogen and oxygen atoms in total. The number of nitrogens with zero attached hydrogens (tertiary/aromatic N) is 3. The molecule has 0 saturated carbocycles. The van der Waals surface area contributed by atoms with Gasteiger partial charge in [-0.1, -0.05) is 30.3 Å². The zero-order valence-electron chi connectivity index (χ0n) is 19.9. The molecule has 176 valence electrons. The summed E-state index contributed by atoms with van der Waals surface area (Å²) in [6.45, 7) is 11.7. The number of rotatable bonds is 8. The van der Waals surface area contributed by atoms with E-state index in [-0.39, 0.29) is 11.9 Å². The highest BCUT2D eigenvalue weighted by atomic mass is 16.6. The summed E-state index contributed by atoms with van der Waals surface area (Å²) < 4.78 is 10.2. The van der Waals surface area contributed by atoms with Gasteiger partial charge < -0.3 is 14.4 Å². The van der Waals surface area contributed by atoms with Crippen LogP contribution in [0.5, 0.6) is 0 Å². The van der Waals surface area contributed by atoms with Gasteiger partial charge >= 0.3 is 12.1 Å². The SMILES string of the molecule is CCN(CC)C(=O)C(/C(C)=N/NC(=O)OC(C)(C)C)N1C(C(=O)OC)C1c1ccccc1. The maximum Gasteiger partial charge on any atom is 0.428 e. The average Bonchev–Trinajstić information content (AvgIpc) is 3.47. The fourth-order valence-electron chi connectivity index (χ4n) is 3.67. The first kappa shape index (κ1) is 25.3. The van der Waals surface area contributed by atoms with Crippen molar-refractivity contribution in [2.45, 2.75) is 65.3 Å². The Morgan fingerprint density at radius 2 is 1.75 bits per heavy atom. The van der Waals surface area contributed by atoms with Crippen LogP contribution >= 0.6 is 0 Å². The Hall–Kier alpha value is -2.94. The van der Waals surface area contributed by atoms with E-state index in [0.717, 1.165) is 5.56 Å². The second kappa shape index (κ2) is 10.6. The summed E-state index contributed by atoms with van der Waals surface area (Å²) >= 11 is 0. The third-order valence-corrected chi connectivity index (χ3v) is 5.16. The molecular formula is C23H34N4O5. The zero-order chi connectivity index (χ0) is 24.1. The minimum absolute atomic E-state index is 0.199. The van der Waals surface area contributed by atoms with Crippen LogP contribution in [0.4, 0.5) is 4.79 Å². The number of likely N-dealkylation sites (N-methyl/N-ethyl adjacent to an activating group) is 1. The van der Waals surface area contributed by atoms with Crippen LogP contribution in [0.25, 0.3) is 0 Å². The van der Waals surface area contributed by atoms with E-state index < -0.39 is 29.7 Å². The molecule has 1 aromatic carbocycles. The molecule has 0 bridgehead atoms. The first-order valence-electron chi connectivity index (χ1n) is 10.8. The fourth-order valence-corrected chi connectivity index (χ4v) is 3.67. The van der Waals surface area contributed by atoms with Crippen molar-refractivity contribution in [3.8, 4) is 0 Å². The predicted molar refractivity (Wildman–Crippen MR) is 121 cm³/mol. The Labute approximate surface area is 189 Å². The number of nitrogens with one attached hydrogen (secondary N) is 1. The molecule has 1 aliphatic rings. The molecule has 0 radical (unpaired) electrons. The number of ether oxygens (including phenoxy) is 2. The molecule has 0 aliphatic carbocycles. The molecule has 0 aromatic heterocycles. The second-order valence-electron chi connectivity index (χ2n) is 8.55. The molecule has 1 aliphatic heterocycles. The summed E-state index contributed by atoms with van der Waals surface area (Å²) in [6, 6.07) is 7.66. The van der Waals surface area contributed by atoms with Gasteiger partial charge in [0, 0.05) is 13.1 Å². The van der Waals surface area contributed by atoms with E-state index in [2.05, 4.69) is 10.5 Å². The Morgan fingerprint density at radius 3 is 2.25 bits per heavy atom. The number of hydrazone groups is 1. The van der Waals surface area contributed by atoms with E-state index in [1.807, 2.05) is 44.2 Å². The lowest BCUT2D eigenvalue weighted by atomic mass is 10.1. The van der Waals surface area contributed by atoms with Gasteiger partial charge in [0.05, 0.1) is 18.9 Å². The van der Waals surface area contributed by atoms with Crippen LogP contribution in [0.15, 0.2) is 35.4 Å². The van der Waals surface area contributed by atoms with Crippen molar-refractivity contribution in [3.63, 3.8) is 0 Å². The standard InChI is InChI=1S/C23H34N4O5/c1-8-26(9-2)20(28)17(15(3)24-25-22(30)32-23(4,5)6)27-18(19(27)21(29)31-7)16-13-11-10-12-14-16/h10-14,17-19H,8-9H2,1-7H3,(H,25,30)/b24-15+. The van der Waals surface area contributed by atoms with E-state index in [1.54, 1.807) is 37.5 Å². The maximum absolute atomic E-state index is 13.4. The summed E-state index contributed by atoms with van der Waals surface area (Å²) in [5.41, 5.74) is 2.92. The normalized spacial score (nSPS) is 21.3. The van der Waals surface area contributed by atoms with Crippen molar-refractivity contribution in [1.29, 1.82) is 0 Å². The predicted octanol–water partition coefficient (Wildman–Crippen LogP) is 2.72. The largest absolute Gasteiger partial charge is 0.468 e. The van der Waals surface area contributed by atoms with Gasteiger partial charge in [-0.25, -0.2) is 10.2 Å². The van der Waals surface area contributed by atoms with Crippen LogP contribution in [0.2, 0.25) is 0 Å². The van der Waals surface area contributed by atoms with Gasteiger partial charge in [-0.15, -0.1) is 0 Å². The van der Waals surface area contributed by atoms with Crippen LogP contribution in [0, 0.1) is 0 Å². The van der Waals surface area contributed by atoms with Crippen molar-refractivity contribution >= 4 is 23.7 Å². The monoisotopic (exact) mass is 446 g/mol. The molecule has 0 spiro atoms. The lowest BCUT2D eigenvalue weighted by Gasteiger charge is -2.27. The van der Waals surface area contributed by atoms with Crippen LogP contribution in [-0.4, -0.2) is 71.4 Å². The van der Waals surface area contributed by atoms with E-state index in [4.69, 9.17) is 9.47 Å². The molecule has 4 atom stereocenters. The highest BCUT2D eigenvalue weighted by Crippen LogP contribution is 2.46. The van der Waals surface area contributed by atoms with E-state index >= 15 is 0 Å². The van der Waals surface area contributed by atoms with Gasteiger partial charge in [0.2, 0.25) is 5.91 Å². The molecule has 1 heterocycles. The zero-order valence-corrected chi connectivity index (χ0v) is 19.9. The van der Waals surface area contributed by atoms with Gasteiger partial charge in [-0.3, -0.25) is 14.5 Å². The highest BCUT2D eigenvalue weighted by Gasteiger charge is 2.60. The Kier molecular flexibility index (Phi) is 8.38. The van der Waals surface area contributed by atoms with Crippen LogP contribution in [0.3, 0.4) is 0 Å². The average molecular weight is 447 g/mol. The van der Waals surface area contributed by atoms with E-state index in [0.29, 0.717) is 18.8 Å². The Balaban J connectivity index is 2.39. The topological polar surface area (TPSA) is 100 Å². The van der Waals surface area contributed by atoms with Crippen molar-refractivity contribution in [2.75, 3.05) is 20.2 Å². The minimum atomic E-state index is -0.848. The number of carbonyl (C=O) groups excluding carboxylic acids is 3. The van der Waals surface area contributed by atoms with Crippen molar-refractivity contribution in [3.05, 3.63) is 35.9 Å². The summed E-state index contributed by atoms with van der Waals surface area (Å²) in [5.74, 6) is -0.626. The van der Waals surface area contributed by atoms with Crippen LogP contribution in [0.1, 0.15) is 53.1 Å². The summed E-state index contributed by atoms with van der Waals surface area (Å²) in [6.07, 6.45) is -0.721. The lowest BCUT2D eigenvalue weighted by Crippen LogP contribution is -2.48. The number of hydrogen-bond acceptors (Lipinski definition) is 7. The van der Waals surface area contributed by atoms with Crippen LogP contribution < -0.4 is 5.43 Å². The van der Waals surface area contributed by atoms with Crippen molar-refractivity contribution < 1.29 is 23.9 Å². The Bertz CT molecular complexity index is 846. The molecule has 2 amide bonds. The molecule has 1 aromatic rings. The molecule has 9 heteroatoms. The van der Waals surface area contributed by atoms with Crippen molar-refractivity contribution in [1.82, 2.24) is 15.2 Å². The minimum Gasteiger partial charge on any atom is -0.468 e.